The predicted octanol–water partition coefficient (Wildman–Crippen LogP) is 2.92. The summed E-state index contributed by atoms with van der Waals surface area (Å²) in [6.07, 6.45) is 4.00. The molecule has 3 heteroatoms. The number of hydrogen-bond donors (Lipinski definition) is 1. The van der Waals surface area contributed by atoms with E-state index in [1.165, 1.54) is 45.4 Å². The van der Waals surface area contributed by atoms with Gasteiger partial charge in [0.2, 0.25) is 0 Å². The first kappa shape index (κ1) is 18.9. The van der Waals surface area contributed by atoms with Crippen LogP contribution in [0.4, 0.5) is 0 Å². The molecule has 0 saturated carbocycles. The minimum absolute atomic E-state index is 0.420. The SMILES string of the molecule is CCC(C)(CNCC(C)C)CN1CCC(CN(C)C)CC1. The van der Waals surface area contributed by atoms with Crippen LogP contribution in [0.3, 0.4) is 0 Å². The third-order valence-electron chi connectivity index (χ3n) is 4.89. The minimum atomic E-state index is 0.420. The van der Waals surface area contributed by atoms with E-state index in [0.29, 0.717) is 5.41 Å². The summed E-state index contributed by atoms with van der Waals surface area (Å²) in [7, 11) is 4.39. The Hall–Kier alpha value is -0.120. The molecular weight excluding hydrogens is 258 g/mol. The van der Waals surface area contributed by atoms with Crippen LogP contribution in [0.1, 0.15) is 47.0 Å². The summed E-state index contributed by atoms with van der Waals surface area (Å²) >= 11 is 0. The van der Waals surface area contributed by atoms with Crippen molar-refractivity contribution in [2.24, 2.45) is 17.3 Å². The molecule has 0 aromatic carbocycles. The van der Waals surface area contributed by atoms with E-state index in [1.807, 2.05) is 0 Å². The minimum Gasteiger partial charge on any atom is -0.316 e. The average molecular weight is 298 g/mol. The van der Waals surface area contributed by atoms with Gasteiger partial charge in [0.15, 0.2) is 0 Å². The highest BCUT2D eigenvalue weighted by atomic mass is 15.1. The fourth-order valence-corrected chi connectivity index (χ4v) is 3.34. The Kier molecular flexibility index (Phi) is 8.22. The lowest BCUT2D eigenvalue weighted by molar-refractivity contribution is 0.106. The largest absolute Gasteiger partial charge is 0.316 e. The van der Waals surface area contributed by atoms with Crippen molar-refractivity contribution in [2.75, 3.05) is 53.4 Å². The molecule has 1 rings (SSSR count). The van der Waals surface area contributed by atoms with Crippen molar-refractivity contribution in [3.63, 3.8) is 0 Å². The van der Waals surface area contributed by atoms with Gasteiger partial charge < -0.3 is 15.1 Å². The lowest BCUT2D eigenvalue weighted by Crippen LogP contribution is -2.46. The standard InChI is InChI=1S/C18H39N3/c1-7-18(4,14-19-12-16(2)3)15-21-10-8-17(9-11-21)13-20(5)6/h16-17,19H,7-15H2,1-6H3. The molecule has 0 bridgehead atoms. The van der Waals surface area contributed by atoms with E-state index < -0.39 is 0 Å². The molecule has 1 unspecified atom stereocenters. The van der Waals surface area contributed by atoms with Crippen molar-refractivity contribution >= 4 is 0 Å². The zero-order chi connectivity index (χ0) is 15.9. The summed E-state index contributed by atoms with van der Waals surface area (Å²) < 4.78 is 0. The van der Waals surface area contributed by atoms with Gasteiger partial charge in [0.1, 0.15) is 0 Å². The number of hydrogen-bond acceptors (Lipinski definition) is 3. The molecule has 3 nitrogen and oxygen atoms in total. The molecule has 1 saturated heterocycles. The molecule has 0 amide bonds. The highest BCUT2D eigenvalue weighted by Crippen LogP contribution is 2.25. The van der Waals surface area contributed by atoms with Crippen LogP contribution < -0.4 is 5.32 Å². The Labute approximate surface area is 133 Å². The van der Waals surface area contributed by atoms with Crippen molar-refractivity contribution in [2.45, 2.75) is 47.0 Å². The Balaban J connectivity index is 2.33. The zero-order valence-electron chi connectivity index (χ0n) is 15.4. The van der Waals surface area contributed by atoms with Gasteiger partial charge in [0.05, 0.1) is 0 Å². The Morgan fingerprint density at radius 1 is 1.24 bits per heavy atom. The molecule has 0 aromatic rings. The Bertz CT molecular complexity index is 270. The third-order valence-corrected chi connectivity index (χ3v) is 4.89. The van der Waals surface area contributed by atoms with E-state index in [4.69, 9.17) is 0 Å². The smallest absolute Gasteiger partial charge is 0.00474 e. The zero-order valence-corrected chi connectivity index (χ0v) is 15.4. The molecule has 1 aliphatic rings. The number of nitrogens with zero attached hydrogens (tertiary/aromatic N) is 2. The van der Waals surface area contributed by atoms with Crippen molar-refractivity contribution in [1.29, 1.82) is 0 Å². The van der Waals surface area contributed by atoms with Crippen LogP contribution >= 0.6 is 0 Å². The molecule has 1 N–H and O–H groups in total. The second-order valence-electron chi connectivity index (χ2n) is 8.17. The van der Waals surface area contributed by atoms with Gasteiger partial charge in [0.25, 0.3) is 0 Å². The van der Waals surface area contributed by atoms with Crippen LogP contribution in [0, 0.1) is 17.3 Å². The number of rotatable bonds is 9. The summed E-state index contributed by atoms with van der Waals surface area (Å²) in [6, 6.07) is 0. The van der Waals surface area contributed by atoms with Crippen LogP contribution in [0.15, 0.2) is 0 Å². The van der Waals surface area contributed by atoms with Crippen LogP contribution in [0.2, 0.25) is 0 Å². The lowest BCUT2D eigenvalue weighted by Gasteiger charge is -2.39. The van der Waals surface area contributed by atoms with Crippen LogP contribution in [0.25, 0.3) is 0 Å². The topological polar surface area (TPSA) is 18.5 Å². The fourth-order valence-electron chi connectivity index (χ4n) is 3.34. The normalized spacial score (nSPS) is 21.1. The molecule has 0 spiro atoms. The quantitative estimate of drug-likeness (QED) is 0.706. The molecule has 1 aliphatic heterocycles. The first-order valence-electron chi connectivity index (χ1n) is 8.92. The molecule has 1 heterocycles. The monoisotopic (exact) mass is 297 g/mol. The lowest BCUT2D eigenvalue weighted by atomic mass is 9.85. The van der Waals surface area contributed by atoms with E-state index in [2.05, 4.69) is 56.9 Å². The number of nitrogens with one attached hydrogen (secondary N) is 1. The maximum absolute atomic E-state index is 3.67. The van der Waals surface area contributed by atoms with Gasteiger partial charge in [-0.15, -0.1) is 0 Å². The molecule has 0 radical (unpaired) electrons. The maximum atomic E-state index is 3.67. The summed E-state index contributed by atoms with van der Waals surface area (Å²) in [4.78, 5) is 5.04. The van der Waals surface area contributed by atoms with E-state index in [-0.39, 0.29) is 0 Å². The van der Waals surface area contributed by atoms with Gasteiger partial charge in [-0.3, -0.25) is 0 Å². The van der Waals surface area contributed by atoms with Gasteiger partial charge in [-0.2, -0.15) is 0 Å². The molecular formula is C18H39N3. The van der Waals surface area contributed by atoms with Gasteiger partial charge in [-0.05, 0) is 70.2 Å². The van der Waals surface area contributed by atoms with Gasteiger partial charge in [0, 0.05) is 19.6 Å². The Morgan fingerprint density at radius 2 is 1.86 bits per heavy atom. The molecule has 126 valence electrons. The van der Waals surface area contributed by atoms with E-state index in [0.717, 1.165) is 24.9 Å². The van der Waals surface area contributed by atoms with Crippen molar-refractivity contribution in [1.82, 2.24) is 15.1 Å². The van der Waals surface area contributed by atoms with Crippen LogP contribution in [0.5, 0.6) is 0 Å². The van der Waals surface area contributed by atoms with E-state index in [9.17, 15) is 0 Å². The highest BCUT2D eigenvalue weighted by Gasteiger charge is 2.28. The van der Waals surface area contributed by atoms with Gasteiger partial charge >= 0.3 is 0 Å². The van der Waals surface area contributed by atoms with Gasteiger partial charge in [-0.25, -0.2) is 0 Å². The van der Waals surface area contributed by atoms with Crippen molar-refractivity contribution in [3.05, 3.63) is 0 Å². The molecule has 1 fully saturated rings. The molecule has 1 atom stereocenters. The maximum Gasteiger partial charge on any atom is 0.00474 e. The first-order chi connectivity index (χ1) is 9.84. The second kappa shape index (κ2) is 9.12. The summed E-state index contributed by atoms with van der Waals surface area (Å²) in [5.41, 5.74) is 0.420. The molecule has 21 heavy (non-hydrogen) atoms. The van der Waals surface area contributed by atoms with E-state index in [1.54, 1.807) is 0 Å². The van der Waals surface area contributed by atoms with Crippen molar-refractivity contribution in [3.8, 4) is 0 Å². The highest BCUT2D eigenvalue weighted by molar-refractivity contribution is 4.83. The number of likely N-dealkylation sites (tertiary alicyclic amines) is 1. The first-order valence-corrected chi connectivity index (χ1v) is 8.92. The predicted molar refractivity (Wildman–Crippen MR) is 93.8 cm³/mol. The third kappa shape index (κ3) is 7.62. The van der Waals surface area contributed by atoms with Crippen LogP contribution in [-0.4, -0.2) is 63.2 Å². The van der Waals surface area contributed by atoms with Gasteiger partial charge in [-0.1, -0.05) is 27.7 Å². The summed E-state index contributed by atoms with van der Waals surface area (Å²) in [5.74, 6) is 1.65. The average Bonchev–Trinajstić information content (AvgIpc) is 2.40. The fraction of sp³-hybridized carbons (Fsp3) is 1.00. The summed E-state index contributed by atoms with van der Waals surface area (Å²) in [5, 5.41) is 3.67. The van der Waals surface area contributed by atoms with E-state index >= 15 is 0 Å². The second-order valence-corrected chi connectivity index (χ2v) is 8.17. The Morgan fingerprint density at radius 3 is 2.33 bits per heavy atom. The summed E-state index contributed by atoms with van der Waals surface area (Å²) in [6.45, 7) is 16.7. The van der Waals surface area contributed by atoms with Crippen LogP contribution in [-0.2, 0) is 0 Å². The molecule has 0 aliphatic carbocycles. The van der Waals surface area contributed by atoms with Crippen molar-refractivity contribution < 1.29 is 0 Å². The molecule has 0 aromatic heterocycles. The number of piperidine rings is 1.